The second-order valence-electron chi connectivity index (χ2n) is 7.51. The lowest BCUT2D eigenvalue weighted by Crippen LogP contribution is -2.18. The molecule has 1 atom stereocenters. The first-order valence-electron chi connectivity index (χ1n) is 9.54. The molecule has 1 N–H and O–H groups in total. The number of carbonyl (C=O) groups excluding carboxylic acids is 2. The normalized spacial score (nSPS) is 16.1. The molecule has 0 saturated carbocycles. The molecule has 1 aromatic heterocycles. The first-order valence-corrected chi connectivity index (χ1v) is 11.1. The van der Waals surface area contributed by atoms with Gasteiger partial charge in [-0.3, -0.25) is 4.79 Å². The van der Waals surface area contributed by atoms with Crippen molar-refractivity contribution in [1.29, 1.82) is 0 Å². The van der Waals surface area contributed by atoms with Crippen LogP contribution in [0.1, 0.15) is 53.6 Å². The molecule has 0 spiro atoms. The van der Waals surface area contributed by atoms with E-state index in [9.17, 15) is 9.59 Å². The van der Waals surface area contributed by atoms with Crippen LogP contribution in [0.2, 0.25) is 10.0 Å². The van der Waals surface area contributed by atoms with Crippen LogP contribution in [0.3, 0.4) is 0 Å². The smallest absolute Gasteiger partial charge is 0.341 e. The molecule has 1 amide bonds. The van der Waals surface area contributed by atoms with Gasteiger partial charge in [0.15, 0.2) is 0 Å². The number of hydrogen-bond donors (Lipinski definition) is 1. The quantitative estimate of drug-likeness (QED) is 0.422. The molecule has 3 rings (SSSR count). The largest absolute Gasteiger partial charge is 0.459 e. The fourth-order valence-corrected chi connectivity index (χ4v) is 4.98. The molecule has 0 bridgehead atoms. The molecule has 154 valence electrons. The Bertz CT molecular complexity index is 965. The van der Waals surface area contributed by atoms with Gasteiger partial charge in [0.2, 0.25) is 5.91 Å². The third kappa shape index (κ3) is 5.41. The van der Waals surface area contributed by atoms with Gasteiger partial charge in [0.25, 0.3) is 0 Å². The predicted molar refractivity (Wildman–Crippen MR) is 120 cm³/mol. The van der Waals surface area contributed by atoms with E-state index in [0.717, 1.165) is 35.3 Å². The summed E-state index contributed by atoms with van der Waals surface area (Å²) in [5.74, 6) is -0.134. The molecule has 1 heterocycles. The minimum atomic E-state index is -0.379. The molecule has 0 aliphatic heterocycles. The van der Waals surface area contributed by atoms with Gasteiger partial charge in [0.05, 0.1) is 21.7 Å². The van der Waals surface area contributed by atoms with Crippen LogP contribution in [0.15, 0.2) is 24.3 Å². The van der Waals surface area contributed by atoms with E-state index in [1.54, 1.807) is 24.3 Å². The number of halogens is 2. The highest BCUT2D eigenvalue weighted by atomic mass is 35.5. The summed E-state index contributed by atoms with van der Waals surface area (Å²) in [6, 6.07) is 5.13. The Kier molecular flexibility index (Phi) is 7.04. The van der Waals surface area contributed by atoms with Crippen molar-refractivity contribution in [3.63, 3.8) is 0 Å². The molecule has 2 aromatic rings. The number of benzene rings is 1. The number of esters is 1. The SMILES string of the molecule is CC1CCc2c(sc(NC(=O)C=Cc3ccc(Cl)c(Cl)c3)c2C(=O)OC(C)C)C1. The zero-order valence-electron chi connectivity index (χ0n) is 16.6. The number of thiophene rings is 1. The Balaban J connectivity index is 1.83. The molecule has 0 saturated heterocycles. The van der Waals surface area contributed by atoms with E-state index in [-0.39, 0.29) is 18.0 Å². The topological polar surface area (TPSA) is 55.4 Å². The lowest BCUT2D eigenvalue weighted by molar-refractivity contribution is -0.111. The monoisotopic (exact) mass is 451 g/mol. The van der Waals surface area contributed by atoms with Gasteiger partial charge in [-0.15, -0.1) is 11.3 Å². The molecule has 1 aliphatic rings. The average Bonchev–Trinajstić information content (AvgIpc) is 2.99. The van der Waals surface area contributed by atoms with Crippen molar-refractivity contribution in [2.45, 2.75) is 46.1 Å². The minimum Gasteiger partial charge on any atom is -0.459 e. The molecular formula is C22H23Cl2NO3S. The van der Waals surface area contributed by atoms with Crippen LogP contribution in [0.25, 0.3) is 6.08 Å². The number of fused-ring (bicyclic) bond motifs is 1. The summed E-state index contributed by atoms with van der Waals surface area (Å²) in [4.78, 5) is 26.4. The first kappa shape index (κ1) is 21.9. The van der Waals surface area contributed by atoms with Gasteiger partial charge >= 0.3 is 5.97 Å². The molecule has 7 heteroatoms. The summed E-state index contributed by atoms with van der Waals surface area (Å²) in [5.41, 5.74) is 2.28. The van der Waals surface area contributed by atoms with E-state index in [2.05, 4.69) is 12.2 Å². The number of amides is 1. The van der Waals surface area contributed by atoms with E-state index in [1.807, 2.05) is 13.8 Å². The highest BCUT2D eigenvalue weighted by molar-refractivity contribution is 7.17. The van der Waals surface area contributed by atoms with Gasteiger partial charge in [-0.1, -0.05) is 36.2 Å². The summed E-state index contributed by atoms with van der Waals surface area (Å²) in [6.45, 7) is 5.83. The highest BCUT2D eigenvalue weighted by Gasteiger charge is 2.29. The summed E-state index contributed by atoms with van der Waals surface area (Å²) >= 11 is 13.4. The molecule has 1 aliphatic carbocycles. The van der Waals surface area contributed by atoms with E-state index in [1.165, 1.54) is 17.4 Å². The van der Waals surface area contributed by atoms with Crippen LogP contribution < -0.4 is 5.32 Å². The lowest BCUT2D eigenvalue weighted by Gasteiger charge is -2.18. The highest BCUT2D eigenvalue weighted by Crippen LogP contribution is 2.40. The van der Waals surface area contributed by atoms with Crippen LogP contribution in [-0.2, 0) is 22.4 Å². The minimum absolute atomic E-state index is 0.223. The maximum Gasteiger partial charge on any atom is 0.341 e. The van der Waals surface area contributed by atoms with E-state index < -0.39 is 0 Å². The van der Waals surface area contributed by atoms with Gasteiger partial charge in [-0.25, -0.2) is 4.79 Å². The van der Waals surface area contributed by atoms with Crippen LogP contribution >= 0.6 is 34.5 Å². The molecule has 1 unspecified atom stereocenters. The van der Waals surface area contributed by atoms with Crippen LogP contribution in [-0.4, -0.2) is 18.0 Å². The number of carbonyl (C=O) groups is 2. The number of hydrogen-bond acceptors (Lipinski definition) is 4. The van der Waals surface area contributed by atoms with Gasteiger partial charge in [-0.05, 0) is 68.4 Å². The number of anilines is 1. The van der Waals surface area contributed by atoms with Crippen LogP contribution in [0.4, 0.5) is 5.00 Å². The Morgan fingerprint density at radius 3 is 2.72 bits per heavy atom. The third-order valence-electron chi connectivity index (χ3n) is 4.67. The molecule has 0 fully saturated rings. The Morgan fingerprint density at radius 2 is 2.03 bits per heavy atom. The fraction of sp³-hybridized carbons (Fsp3) is 0.364. The number of ether oxygens (including phenoxy) is 1. The molecule has 0 radical (unpaired) electrons. The zero-order chi connectivity index (χ0) is 21.1. The Hall–Kier alpha value is -1.82. The summed E-state index contributed by atoms with van der Waals surface area (Å²) < 4.78 is 5.43. The van der Waals surface area contributed by atoms with Gasteiger partial charge in [-0.2, -0.15) is 0 Å². The lowest BCUT2D eigenvalue weighted by atomic mass is 9.88. The van der Waals surface area contributed by atoms with Crippen molar-refractivity contribution < 1.29 is 14.3 Å². The third-order valence-corrected chi connectivity index (χ3v) is 6.57. The molecule has 29 heavy (non-hydrogen) atoms. The summed E-state index contributed by atoms with van der Waals surface area (Å²) in [5, 5.41) is 4.30. The van der Waals surface area contributed by atoms with Crippen LogP contribution in [0.5, 0.6) is 0 Å². The zero-order valence-corrected chi connectivity index (χ0v) is 18.9. The maximum absolute atomic E-state index is 12.7. The first-order chi connectivity index (χ1) is 13.7. The second kappa shape index (κ2) is 9.33. The van der Waals surface area contributed by atoms with E-state index >= 15 is 0 Å². The second-order valence-corrected chi connectivity index (χ2v) is 9.43. The standard InChI is InChI=1S/C22H23Cl2NO3S/c1-12(2)28-22(27)20-15-7-4-13(3)10-18(15)29-21(20)25-19(26)9-6-14-5-8-16(23)17(24)11-14/h5-6,8-9,11-13H,4,7,10H2,1-3H3,(H,25,26). The van der Waals surface area contributed by atoms with Crippen molar-refractivity contribution in [3.05, 3.63) is 55.9 Å². The molecular weight excluding hydrogens is 429 g/mol. The number of nitrogens with one attached hydrogen (secondary N) is 1. The Morgan fingerprint density at radius 1 is 1.28 bits per heavy atom. The van der Waals surface area contributed by atoms with E-state index in [0.29, 0.717) is 26.5 Å². The maximum atomic E-state index is 12.7. The van der Waals surface area contributed by atoms with Crippen molar-refractivity contribution in [2.24, 2.45) is 5.92 Å². The molecule has 4 nitrogen and oxygen atoms in total. The van der Waals surface area contributed by atoms with Crippen molar-refractivity contribution >= 4 is 57.5 Å². The molecule has 1 aromatic carbocycles. The number of rotatable bonds is 5. The van der Waals surface area contributed by atoms with Crippen molar-refractivity contribution in [3.8, 4) is 0 Å². The van der Waals surface area contributed by atoms with Gasteiger partial charge in [0, 0.05) is 11.0 Å². The van der Waals surface area contributed by atoms with Crippen LogP contribution in [0, 0.1) is 5.92 Å². The van der Waals surface area contributed by atoms with Crippen molar-refractivity contribution in [1.82, 2.24) is 0 Å². The van der Waals surface area contributed by atoms with Gasteiger partial charge in [0.1, 0.15) is 5.00 Å². The fourth-order valence-electron chi connectivity index (χ4n) is 3.27. The van der Waals surface area contributed by atoms with Crippen molar-refractivity contribution in [2.75, 3.05) is 5.32 Å². The average molecular weight is 452 g/mol. The summed E-state index contributed by atoms with van der Waals surface area (Å²) in [7, 11) is 0. The van der Waals surface area contributed by atoms with E-state index in [4.69, 9.17) is 27.9 Å². The predicted octanol–water partition coefficient (Wildman–Crippen LogP) is 6.40. The Labute approximate surface area is 184 Å². The van der Waals surface area contributed by atoms with Gasteiger partial charge < -0.3 is 10.1 Å². The summed E-state index contributed by atoms with van der Waals surface area (Å²) in [6.07, 6.45) is 5.61.